The van der Waals surface area contributed by atoms with E-state index in [2.05, 4.69) is 19.2 Å². The van der Waals surface area contributed by atoms with Gasteiger partial charge in [-0.25, -0.2) is 4.39 Å². The smallest absolute Gasteiger partial charge is 0.123 e. The third-order valence-corrected chi connectivity index (χ3v) is 5.55. The van der Waals surface area contributed by atoms with Crippen molar-refractivity contribution in [2.24, 2.45) is 0 Å². The molecule has 1 aliphatic rings. The van der Waals surface area contributed by atoms with Crippen molar-refractivity contribution >= 4 is 11.8 Å². The summed E-state index contributed by atoms with van der Waals surface area (Å²) in [4.78, 5) is 0. The molecular weight excluding hydrogens is 273 g/mol. The summed E-state index contributed by atoms with van der Waals surface area (Å²) in [6.45, 7) is 5.36. The quantitative estimate of drug-likeness (QED) is 0.852. The van der Waals surface area contributed by atoms with Gasteiger partial charge in [-0.3, -0.25) is 0 Å². The van der Waals surface area contributed by atoms with E-state index in [9.17, 15) is 4.39 Å². The zero-order valence-corrected chi connectivity index (χ0v) is 13.4. The van der Waals surface area contributed by atoms with Gasteiger partial charge in [-0.2, -0.15) is 11.8 Å². The first kappa shape index (κ1) is 15.6. The van der Waals surface area contributed by atoms with Crippen LogP contribution in [0.4, 0.5) is 4.39 Å². The molecule has 1 N–H and O–H groups in total. The fourth-order valence-corrected chi connectivity index (χ4v) is 4.32. The molecule has 2 atom stereocenters. The van der Waals surface area contributed by atoms with E-state index in [1.165, 1.54) is 18.2 Å². The standard InChI is InChI=1S/C16H24FNOS/c1-4-9-18-15(16(2)8-5-10-20-16)13-11-12(17)6-7-14(13)19-3/h6-7,11,15,18H,4-5,8-10H2,1-3H3. The first-order valence-electron chi connectivity index (χ1n) is 7.31. The van der Waals surface area contributed by atoms with Crippen LogP contribution in [0, 0.1) is 5.82 Å². The van der Waals surface area contributed by atoms with Crippen LogP contribution < -0.4 is 10.1 Å². The molecule has 2 unspecified atom stereocenters. The Bertz CT molecular complexity index is 446. The van der Waals surface area contributed by atoms with Gasteiger partial charge >= 0.3 is 0 Å². The molecule has 0 amide bonds. The summed E-state index contributed by atoms with van der Waals surface area (Å²) in [6.07, 6.45) is 3.44. The van der Waals surface area contributed by atoms with Gasteiger partial charge in [0, 0.05) is 10.3 Å². The monoisotopic (exact) mass is 297 g/mol. The Morgan fingerprint density at radius 2 is 2.30 bits per heavy atom. The first-order chi connectivity index (χ1) is 9.60. The van der Waals surface area contributed by atoms with Crippen molar-refractivity contribution in [2.75, 3.05) is 19.4 Å². The maximum Gasteiger partial charge on any atom is 0.123 e. The summed E-state index contributed by atoms with van der Waals surface area (Å²) in [5, 5.41) is 3.60. The van der Waals surface area contributed by atoms with Crippen molar-refractivity contribution in [1.29, 1.82) is 0 Å². The van der Waals surface area contributed by atoms with Crippen molar-refractivity contribution in [3.8, 4) is 5.75 Å². The molecule has 0 aromatic heterocycles. The average Bonchev–Trinajstić information content (AvgIpc) is 2.87. The van der Waals surface area contributed by atoms with Crippen molar-refractivity contribution in [1.82, 2.24) is 5.32 Å². The molecule has 0 radical (unpaired) electrons. The van der Waals surface area contributed by atoms with Crippen LogP contribution in [0.5, 0.6) is 5.75 Å². The SMILES string of the molecule is CCCNC(c1cc(F)ccc1OC)C1(C)CCCS1. The van der Waals surface area contributed by atoms with Gasteiger partial charge in [0.2, 0.25) is 0 Å². The summed E-state index contributed by atoms with van der Waals surface area (Å²) in [7, 11) is 1.65. The lowest BCUT2D eigenvalue weighted by Gasteiger charge is -2.35. The number of thioether (sulfide) groups is 1. The van der Waals surface area contributed by atoms with Gasteiger partial charge in [0.15, 0.2) is 0 Å². The van der Waals surface area contributed by atoms with E-state index in [0.717, 1.165) is 30.7 Å². The van der Waals surface area contributed by atoms with Crippen LogP contribution in [-0.4, -0.2) is 24.2 Å². The third kappa shape index (κ3) is 3.29. The Labute approximate surface area is 125 Å². The molecule has 20 heavy (non-hydrogen) atoms. The summed E-state index contributed by atoms with van der Waals surface area (Å²) in [5.74, 6) is 1.75. The van der Waals surface area contributed by atoms with Crippen molar-refractivity contribution < 1.29 is 9.13 Å². The molecule has 112 valence electrons. The summed E-state index contributed by atoms with van der Waals surface area (Å²) in [5.41, 5.74) is 0.942. The summed E-state index contributed by atoms with van der Waals surface area (Å²) in [6, 6.07) is 4.94. The molecule has 4 heteroatoms. The Hall–Kier alpha value is -0.740. The van der Waals surface area contributed by atoms with Gasteiger partial charge in [-0.15, -0.1) is 0 Å². The van der Waals surface area contributed by atoms with Crippen LogP contribution in [0.3, 0.4) is 0 Å². The molecule has 0 aliphatic carbocycles. The van der Waals surface area contributed by atoms with E-state index in [-0.39, 0.29) is 16.6 Å². The molecular formula is C16H24FNOS. The Morgan fingerprint density at radius 1 is 1.50 bits per heavy atom. The molecule has 0 bridgehead atoms. The fraction of sp³-hybridized carbons (Fsp3) is 0.625. The van der Waals surface area contributed by atoms with E-state index in [1.807, 2.05) is 11.8 Å². The summed E-state index contributed by atoms with van der Waals surface area (Å²) >= 11 is 1.98. The number of hydrogen-bond donors (Lipinski definition) is 1. The highest BCUT2D eigenvalue weighted by molar-refractivity contribution is 8.00. The van der Waals surface area contributed by atoms with Crippen LogP contribution in [0.25, 0.3) is 0 Å². The van der Waals surface area contributed by atoms with Crippen LogP contribution in [0.1, 0.15) is 44.7 Å². The lowest BCUT2D eigenvalue weighted by molar-refractivity contribution is 0.370. The van der Waals surface area contributed by atoms with E-state index in [0.29, 0.717) is 0 Å². The van der Waals surface area contributed by atoms with E-state index < -0.39 is 0 Å². The fourth-order valence-electron chi connectivity index (χ4n) is 2.90. The summed E-state index contributed by atoms with van der Waals surface area (Å²) < 4.78 is 19.2. The number of halogens is 1. The Morgan fingerprint density at radius 3 is 2.90 bits per heavy atom. The van der Waals surface area contributed by atoms with E-state index in [4.69, 9.17) is 4.74 Å². The number of benzene rings is 1. The number of ether oxygens (including phenoxy) is 1. The van der Waals surface area contributed by atoms with Crippen molar-refractivity contribution in [3.63, 3.8) is 0 Å². The molecule has 0 saturated carbocycles. The molecule has 0 spiro atoms. The second kappa shape index (κ2) is 6.81. The van der Waals surface area contributed by atoms with Gasteiger partial charge < -0.3 is 10.1 Å². The lowest BCUT2D eigenvalue weighted by atomic mass is 9.89. The number of methoxy groups -OCH3 is 1. The maximum atomic E-state index is 13.7. The van der Waals surface area contributed by atoms with Gasteiger partial charge in [0.1, 0.15) is 11.6 Å². The normalized spacial score (nSPS) is 23.8. The zero-order valence-electron chi connectivity index (χ0n) is 12.5. The molecule has 1 saturated heterocycles. The van der Waals surface area contributed by atoms with Gasteiger partial charge in [0.25, 0.3) is 0 Å². The predicted octanol–water partition coefficient (Wildman–Crippen LogP) is 4.16. The van der Waals surface area contributed by atoms with Gasteiger partial charge in [-0.05, 0) is 56.7 Å². The number of hydrogen-bond acceptors (Lipinski definition) is 3. The second-order valence-electron chi connectivity index (χ2n) is 5.54. The minimum absolute atomic E-state index is 0.107. The molecule has 1 aliphatic heterocycles. The number of nitrogens with one attached hydrogen (secondary N) is 1. The topological polar surface area (TPSA) is 21.3 Å². The van der Waals surface area contributed by atoms with Gasteiger partial charge in [0.05, 0.1) is 13.2 Å². The average molecular weight is 297 g/mol. The predicted molar refractivity (Wildman–Crippen MR) is 84.1 cm³/mol. The molecule has 2 nitrogen and oxygen atoms in total. The third-order valence-electron chi connectivity index (χ3n) is 3.96. The molecule has 1 heterocycles. The van der Waals surface area contributed by atoms with E-state index >= 15 is 0 Å². The lowest BCUT2D eigenvalue weighted by Crippen LogP contribution is -2.38. The highest BCUT2D eigenvalue weighted by atomic mass is 32.2. The first-order valence-corrected chi connectivity index (χ1v) is 8.30. The van der Waals surface area contributed by atoms with Crippen LogP contribution in [-0.2, 0) is 0 Å². The highest BCUT2D eigenvalue weighted by Crippen LogP contribution is 2.48. The van der Waals surface area contributed by atoms with Crippen LogP contribution in [0.2, 0.25) is 0 Å². The number of rotatable bonds is 6. The minimum Gasteiger partial charge on any atom is -0.496 e. The van der Waals surface area contributed by atoms with Crippen molar-refractivity contribution in [3.05, 3.63) is 29.6 Å². The maximum absolute atomic E-state index is 13.7. The molecule has 1 aromatic carbocycles. The van der Waals surface area contributed by atoms with Crippen LogP contribution >= 0.6 is 11.8 Å². The van der Waals surface area contributed by atoms with Gasteiger partial charge in [-0.1, -0.05) is 6.92 Å². The molecule has 1 aromatic rings. The van der Waals surface area contributed by atoms with E-state index in [1.54, 1.807) is 19.2 Å². The Kier molecular flexibility index (Phi) is 5.33. The van der Waals surface area contributed by atoms with Crippen molar-refractivity contribution in [2.45, 2.75) is 43.9 Å². The highest BCUT2D eigenvalue weighted by Gasteiger charge is 2.39. The zero-order chi connectivity index (χ0) is 14.6. The minimum atomic E-state index is -0.198. The molecule has 1 fully saturated rings. The molecule has 2 rings (SSSR count). The van der Waals surface area contributed by atoms with Crippen LogP contribution in [0.15, 0.2) is 18.2 Å². The Balaban J connectivity index is 2.37. The largest absolute Gasteiger partial charge is 0.496 e. The second-order valence-corrected chi connectivity index (χ2v) is 7.17.